The summed E-state index contributed by atoms with van der Waals surface area (Å²) < 4.78 is 0. The van der Waals surface area contributed by atoms with E-state index in [2.05, 4.69) is 30.6 Å². The van der Waals surface area contributed by atoms with Gasteiger partial charge in [0.25, 0.3) is 0 Å². The number of aromatic amines is 2. The van der Waals surface area contributed by atoms with Gasteiger partial charge in [0.2, 0.25) is 0 Å². The summed E-state index contributed by atoms with van der Waals surface area (Å²) in [4.78, 5) is 50.2. The number of carbonyl (C=O) groups excluding carboxylic acids is 3. The molecule has 0 aliphatic rings. The molecule has 0 saturated carbocycles. The van der Waals surface area contributed by atoms with Crippen LogP contribution in [0.25, 0.3) is 44.8 Å². The summed E-state index contributed by atoms with van der Waals surface area (Å²) in [5.41, 5.74) is 4.81. The van der Waals surface area contributed by atoms with Crippen molar-refractivity contribution in [2.45, 2.75) is 0 Å². The van der Waals surface area contributed by atoms with E-state index < -0.39 is 18.0 Å². The van der Waals surface area contributed by atoms with Crippen molar-refractivity contribution in [3.05, 3.63) is 96.1 Å². The summed E-state index contributed by atoms with van der Waals surface area (Å²) in [6.07, 6.45) is 0. The molecule has 196 valence electrons. The number of fused-ring (bicyclic) bond motifs is 2. The van der Waals surface area contributed by atoms with Crippen LogP contribution in [0, 0.1) is 0 Å². The molecule has 11 nitrogen and oxygen atoms in total. The van der Waals surface area contributed by atoms with Gasteiger partial charge < -0.3 is 40.4 Å². The number of hydrogen-bond acceptors (Lipinski definition) is 7. The minimum atomic E-state index is -1.27. The topological polar surface area (TPSA) is 179 Å². The number of aromatic carboxylic acids is 2. The van der Waals surface area contributed by atoms with Gasteiger partial charge in [-0.25, -0.2) is 14.8 Å². The van der Waals surface area contributed by atoms with Crippen molar-refractivity contribution in [3.8, 4) is 22.8 Å². The number of carboxylic acids is 2. The minimum Gasteiger partial charge on any atom is -0.545 e. The predicted octanol–water partition coefficient (Wildman–Crippen LogP) is -2.85. The first-order valence-electron chi connectivity index (χ1n) is 12.0. The molecular formula is C29H18N6Na2O5. The molecule has 0 aliphatic heterocycles. The van der Waals surface area contributed by atoms with Gasteiger partial charge in [-0.2, -0.15) is 0 Å². The molecule has 6 aromatic rings. The molecule has 42 heavy (non-hydrogen) atoms. The fourth-order valence-electron chi connectivity index (χ4n) is 4.33. The number of amides is 2. The van der Waals surface area contributed by atoms with Crippen LogP contribution >= 0.6 is 0 Å². The zero-order valence-corrected chi connectivity index (χ0v) is 26.5. The zero-order chi connectivity index (χ0) is 27.8. The van der Waals surface area contributed by atoms with Gasteiger partial charge in [-0.15, -0.1) is 0 Å². The van der Waals surface area contributed by atoms with Crippen LogP contribution in [-0.4, -0.2) is 37.9 Å². The number of hydrogen-bond donors (Lipinski definition) is 4. The quantitative estimate of drug-likeness (QED) is 0.154. The van der Waals surface area contributed by atoms with E-state index in [1.165, 1.54) is 24.3 Å². The molecule has 0 radical (unpaired) electrons. The average molecular weight is 576 g/mol. The van der Waals surface area contributed by atoms with Crippen LogP contribution in [-0.2, 0) is 0 Å². The molecule has 0 bridgehead atoms. The van der Waals surface area contributed by atoms with Gasteiger partial charge in [-0.1, -0.05) is 36.4 Å². The summed E-state index contributed by atoms with van der Waals surface area (Å²) >= 11 is 0. The number of urea groups is 1. The van der Waals surface area contributed by atoms with E-state index in [1.807, 2.05) is 12.1 Å². The van der Waals surface area contributed by atoms with Crippen molar-refractivity contribution in [1.82, 2.24) is 19.9 Å². The van der Waals surface area contributed by atoms with Crippen LogP contribution in [0.15, 0.2) is 84.9 Å². The number of imidazole rings is 2. The second kappa shape index (κ2) is 12.9. The Bertz CT molecular complexity index is 1830. The molecule has 2 amide bonds. The third-order valence-electron chi connectivity index (χ3n) is 6.22. The molecule has 2 heterocycles. The third-order valence-corrected chi connectivity index (χ3v) is 6.22. The van der Waals surface area contributed by atoms with Crippen molar-refractivity contribution < 1.29 is 83.7 Å². The maximum absolute atomic E-state index is 12.8. The van der Waals surface area contributed by atoms with E-state index in [4.69, 9.17) is 0 Å². The van der Waals surface area contributed by atoms with E-state index >= 15 is 0 Å². The fraction of sp³-hybridized carbons (Fsp3) is 0. The molecule has 6 rings (SSSR count). The van der Waals surface area contributed by atoms with E-state index in [1.54, 1.807) is 48.5 Å². The number of carbonyl (C=O) groups is 3. The zero-order valence-electron chi connectivity index (χ0n) is 22.5. The van der Waals surface area contributed by atoms with Gasteiger partial charge >= 0.3 is 65.1 Å². The maximum Gasteiger partial charge on any atom is 1.00 e. The molecule has 0 aliphatic carbocycles. The first-order valence-corrected chi connectivity index (χ1v) is 12.0. The van der Waals surface area contributed by atoms with Crippen molar-refractivity contribution in [2.24, 2.45) is 0 Å². The van der Waals surface area contributed by atoms with Crippen LogP contribution < -0.4 is 80.0 Å². The first kappa shape index (κ1) is 31.0. The summed E-state index contributed by atoms with van der Waals surface area (Å²) in [6.45, 7) is 0. The number of H-pyrrole nitrogens is 2. The monoisotopic (exact) mass is 576 g/mol. The predicted molar refractivity (Wildman–Crippen MR) is 144 cm³/mol. The van der Waals surface area contributed by atoms with Gasteiger partial charge in [-0.05, 0) is 59.7 Å². The van der Waals surface area contributed by atoms with Crippen molar-refractivity contribution in [2.75, 3.05) is 10.6 Å². The fourth-order valence-corrected chi connectivity index (χ4v) is 4.33. The van der Waals surface area contributed by atoms with E-state index in [9.17, 15) is 24.6 Å². The van der Waals surface area contributed by atoms with Crippen molar-refractivity contribution in [1.29, 1.82) is 0 Å². The van der Waals surface area contributed by atoms with Gasteiger partial charge in [-0.3, -0.25) is 0 Å². The van der Waals surface area contributed by atoms with Crippen molar-refractivity contribution >= 4 is 51.4 Å². The Labute approximate surface area is 282 Å². The van der Waals surface area contributed by atoms with E-state index in [0.717, 1.165) is 0 Å². The SMILES string of the molecule is O=C(Nc1cccc(-c2nc3ccc(C(=O)[O-])cc3[nH]2)c1)Nc1cccc(-c2nc3ccc(C(=O)[O-])cc3[nH]2)c1.[Na+].[Na+]. The molecule has 0 saturated heterocycles. The minimum absolute atomic E-state index is 0. The Balaban J connectivity index is 0.00000202. The Hall–Kier alpha value is -3.97. The van der Waals surface area contributed by atoms with E-state index in [-0.39, 0.29) is 70.2 Å². The Morgan fingerprint density at radius 1 is 0.595 bits per heavy atom. The van der Waals surface area contributed by atoms with Gasteiger partial charge in [0.15, 0.2) is 0 Å². The number of nitrogens with zero attached hydrogens (tertiary/aromatic N) is 2. The standard InChI is InChI=1S/C29H20N6O5.2Na/c36-27(37)17-7-9-21-23(13-17)34-25(32-21)15-3-1-5-19(11-15)30-29(40)31-20-6-2-4-16(12-20)26-33-22-10-8-18(28(38)39)14-24(22)35-26;;/h1-14H,(H,32,34)(H,33,35)(H,36,37)(H,38,39)(H2,30,31,40);;/q;2*+1/p-2. The maximum atomic E-state index is 12.8. The van der Waals surface area contributed by atoms with E-state index in [0.29, 0.717) is 56.2 Å². The average Bonchev–Trinajstić information content (AvgIpc) is 3.57. The molecular weight excluding hydrogens is 558 g/mol. The Morgan fingerprint density at radius 2 is 1.02 bits per heavy atom. The van der Waals surface area contributed by atoms with Gasteiger partial charge in [0.1, 0.15) is 11.6 Å². The molecule has 2 aromatic heterocycles. The number of carboxylic acid groups (broad SMARTS) is 2. The normalized spacial score (nSPS) is 10.5. The Kier molecular flexibility index (Phi) is 9.52. The summed E-state index contributed by atoms with van der Waals surface area (Å²) in [5.74, 6) is -1.52. The third kappa shape index (κ3) is 6.57. The second-order valence-corrected chi connectivity index (χ2v) is 8.95. The number of benzene rings is 4. The number of rotatable bonds is 6. The number of aromatic nitrogens is 4. The molecule has 4 N–H and O–H groups in total. The largest absolute Gasteiger partial charge is 1.00 e. The van der Waals surface area contributed by atoms with Crippen LogP contribution in [0.1, 0.15) is 20.7 Å². The van der Waals surface area contributed by atoms with Crippen LogP contribution in [0.4, 0.5) is 16.2 Å². The molecule has 13 heteroatoms. The number of nitrogens with one attached hydrogen (secondary N) is 4. The first-order chi connectivity index (χ1) is 19.3. The summed E-state index contributed by atoms with van der Waals surface area (Å²) in [5, 5.41) is 27.9. The van der Waals surface area contributed by atoms with Crippen LogP contribution in [0.5, 0.6) is 0 Å². The molecule has 4 aromatic carbocycles. The Morgan fingerprint density at radius 3 is 1.43 bits per heavy atom. The van der Waals surface area contributed by atoms with Crippen molar-refractivity contribution in [3.63, 3.8) is 0 Å². The molecule has 0 spiro atoms. The van der Waals surface area contributed by atoms with Crippen LogP contribution in [0.2, 0.25) is 0 Å². The molecule has 0 atom stereocenters. The second-order valence-electron chi connectivity index (χ2n) is 8.95. The summed E-state index contributed by atoms with van der Waals surface area (Å²) in [6, 6.07) is 22.6. The smallest absolute Gasteiger partial charge is 0.545 e. The van der Waals surface area contributed by atoms with Gasteiger partial charge in [0.05, 0.1) is 34.0 Å². The molecule has 0 unspecified atom stereocenters. The summed E-state index contributed by atoms with van der Waals surface area (Å²) in [7, 11) is 0. The van der Waals surface area contributed by atoms with Gasteiger partial charge in [0, 0.05) is 22.5 Å². The van der Waals surface area contributed by atoms with Crippen LogP contribution in [0.3, 0.4) is 0 Å². The number of anilines is 2. The molecule has 0 fully saturated rings.